The van der Waals surface area contributed by atoms with Gasteiger partial charge in [0.25, 0.3) is 0 Å². The molecule has 11 heavy (non-hydrogen) atoms. The summed E-state index contributed by atoms with van der Waals surface area (Å²) in [5.74, 6) is 0.801. The standard InChI is InChI=1S/C10H18O/c1-4-10(3)6-5-8(2)9(11)7-10/h8H,4-7H2,1-3H3/t8-,10-/m1/s1. The maximum absolute atomic E-state index is 11.4. The minimum atomic E-state index is 0.323. The van der Waals surface area contributed by atoms with Crippen LogP contribution in [0.5, 0.6) is 0 Å². The number of Topliss-reactive ketones (excluding diaryl/α,β-unsaturated/α-hetero) is 1. The van der Waals surface area contributed by atoms with Gasteiger partial charge in [-0.05, 0) is 18.3 Å². The number of rotatable bonds is 1. The van der Waals surface area contributed by atoms with Crippen LogP contribution in [0.1, 0.15) is 46.5 Å². The third-order valence-corrected chi connectivity index (χ3v) is 3.19. The second-order valence-corrected chi connectivity index (χ2v) is 4.25. The van der Waals surface area contributed by atoms with Gasteiger partial charge in [-0.15, -0.1) is 0 Å². The van der Waals surface area contributed by atoms with E-state index in [0.29, 0.717) is 17.1 Å². The normalized spacial score (nSPS) is 39.2. The van der Waals surface area contributed by atoms with Gasteiger partial charge in [0.15, 0.2) is 0 Å². The van der Waals surface area contributed by atoms with Gasteiger partial charge < -0.3 is 0 Å². The first-order valence-electron chi connectivity index (χ1n) is 4.60. The lowest BCUT2D eigenvalue weighted by Crippen LogP contribution is -2.30. The van der Waals surface area contributed by atoms with Crippen LogP contribution in [0, 0.1) is 11.3 Å². The maximum Gasteiger partial charge on any atom is 0.136 e. The highest BCUT2D eigenvalue weighted by Crippen LogP contribution is 2.38. The van der Waals surface area contributed by atoms with Crippen molar-refractivity contribution >= 4 is 5.78 Å². The first kappa shape index (κ1) is 8.76. The average Bonchev–Trinajstić information content (AvgIpc) is 1.98. The van der Waals surface area contributed by atoms with Crippen LogP contribution in [0.15, 0.2) is 0 Å². The topological polar surface area (TPSA) is 17.1 Å². The molecule has 1 heteroatoms. The Balaban J connectivity index is 2.59. The van der Waals surface area contributed by atoms with Crippen molar-refractivity contribution in [3.8, 4) is 0 Å². The van der Waals surface area contributed by atoms with Crippen LogP contribution in [0.3, 0.4) is 0 Å². The number of ketones is 1. The van der Waals surface area contributed by atoms with Gasteiger partial charge in [-0.1, -0.05) is 27.2 Å². The highest BCUT2D eigenvalue weighted by atomic mass is 16.1. The third kappa shape index (κ3) is 1.82. The predicted octanol–water partition coefficient (Wildman–Crippen LogP) is 2.79. The molecule has 0 spiro atoms. The number of carbonyl (C=O) groups excluding carboxylic acids is 1. The van der Waals surface area contributed by atoms with E-state index in [1.54, 1.807) is 0 Å². The third-order valence-electron chi connectivity index (χ3n) is 3.19. The summed E-state index contributed by atoms with van der Waals surface area (Å²) < 4.78 is 0. The molecule has 0 unspecified atom stereocenters. The van der Waals surface area contributed by atoms with E-state index >= 15 is 0 Å². The Bertz CT molecular complexity index is 162. The Kier molecular flexibility index (Phi) is 2.36. The van der Waals surface area contributed by atoms with Gasteiger partial charge in [-0.25, -0.2) is 0 Å². The zero-order valence-corrected chi connectivity index (χ0v) is 7.81. The molecule has 2 atom stereocenters. The molecule has 1 fully saturated rings. The lowest BCUT2D eigenvalue weighted by molar-refractivity contribution is -0.127. The van der Waals surface area contributed by atoms with Crippen molar-refractivity contribution < 1.29 is 4.79 Å². The van der Waals surface area contributed by atoms with Crippen LogP contribution in [0.2, 0.25) is 0 Å². The molecule has 0 aromatic carbocycles. The Labute approximate surface area is 69.2 Å². The van der Waals surface area contributed by atoms with E-state index in [2.05, 4.69) is 20.8 Å². The van der Waals surface area contributed by atoms with Crippen LogP contribution in [-0.4, -0.2) is 5.78 Å². The SMILES string of the molecule is CC[C@]1(C)CC[C@@H](C)C(=O)C1. The second-order valence-electron chi connectivity index (χ2n) is 4.25. The predicted molar refractivity (Wildman–Crippen MR) is 46.4 cm³/mol. The molecule has 0 heterocycles. The summed E-state index contributed by atoms with van der Waals surface area (Å²) in [6.45, 7) is 6.47. The van der Waals surface area contributed by atoms with Gasteiger partial charge in [0.05, 0.1) is 0 Å². The Morgan fingerprint density at radius 3 is 2.73 bits per heavy atom. The molecule has 1 rings (SSSR count). The minimum Gasteiger partial charge on any atom is -0.299 e. The van der Waals surface area contributed by atoms with Crippen LogP contribution in [-0.2, 0) is 4.79 Å². The van der Waals surface area contributed by atoms with Crippen molar-refractivity contribution in [1.29, 1.82) is 0 Å². The molecule has 1 saturated carbocycles. The summed E-state index contributed by atoms with van der Waals surface area (Å²) in [7, 11) is 0. The number of carbonyl (C=O) groups is 1. The lowest BCUT2D eigenvalue weighted by Gasteiger charge is -2.34. The van der Waals surface area contributed by atoms with Gasteiger partial charge in [0.2, 0.25) is 0 Å². The maximum atomic E-state index is 11.4. The number of hydrogen-bond acceptors (Lipinski definition) is 1. The smallest absolute Gasteiger partial charge is 0.136 e. The van der Waals surface area contributed by atoms with E-state index in [4.69, 9.17) is 0 Å². The van der Waals surface area contributed by atoms with Crippen LogP contribution in [0.25, 0.3) is 0 Å². The molecular formula is C10H18O. The highest BCUT2D eigenvalue weighted by molar-refractivity contribution is 5.82. The first-order chi connectivity index (χ1) is 5.07. The van der Waals surface area contributed by atoms with Crippen molar-refractivity contribution in [2.75, 3.05) is 0 Å². The molecule has 0 radical (unpaired) electrons. The van der Waals surface area contributed by atoms with Gasteiger partial charge in [0, 0.05) is 12.3 Å². The van der Waals surface area contributed by atoms with Crippen LogP contribution >= 0.6 is 0 Å². The van der Waals surface area contributed by atoms with Crippen LogP contribution < -0.4 is 0 Å². The van der Waals surface area contributed by atoms with Gasteiger partial charge >= 0.3 is 0 Å². The van der Waals surface area contributed by atoms with E-state index in [1.807, 2.05) is 0 Å². The molecule has 1 aliphatic carbocycles. The van der Waals surface area contributed by atoms with Crippen molar-refractivity contribution in [3.63, 3.8) is 0 Å². The van der Waals surface area contributed by atoms with Gasteiger partial charge in [-0.3, -0.25) is 4.79 Å². The van der Waals surface area contributed by atoms with Crippen molar-refractivity contribution in [2.24, 2.45) is 11.3 Å². The fourth-order valence-corrected chi connectivity index (χ4v) is 1.71. The quantitative estimate of drug-likeness (QED) is 0.567. The molecule has 64 valence electrons. The molecule has 0 N–H and O–H groups in total. The fourth-order valence-electron chi connectivity index (χ4n) is 1.71. The van der Waals surface area contributed by atoms with Crippen molar-refractivity contribution in [3.05, 3.63) is 0 Å². The first-order valence-corrected chi connectivity index (χ1v) is 4.60. The van der Waals surface area contributed by atoms with E-state index in [0.717, 1.165) is 19.3 Å². The molecule has 0 aliphatic heterocycles. The molecule has 0 amide bonds. The molecule has 1 aliphatic rings. The largest absolute Gasteiger partial charge is 0.299 e. The summed E-state index contributed by atoms with van der Waals surface area (Å²) in [5, 5.41) is 0. The van der Waals surface area contributed by atoms with Crippen molar-refractivity contribution in [2.45, 2.75) is 46.5 Å². The molecule has 0 bridgehead atoms. The lowest BCUT2D eigenvalue weighted by atomic mass is 9.70. The van der Waals surface area contributed by atoms with Crippen molar-refractivity contribution in [1.82, 2.24) is 0 Å². The second kappa shape index (κ2) is 2.96. The zero-order valence-electron chi connectivity index (χ0n) is 7.81. The summed E-state index contributed by atoms with van der Waals surface area (Å²) in [5.41, 5.74) is 0.323. The number of hydrogen-bond donors (Lipinski definition) is 0. The minimum absolute atomic E-state index is 0.323. The van der Waals surface area contributed by atoms with Gasteiger partial charge in [0.1, 0.15) is 5.78 Å². The molecule has 1 nitrogen and oxygen atoms in total. The van der Waals surface area contributed by atoms with Crippen LogP contribution in [0.4, 0.5) is 0 Å². The summed E-state index contributed by atoms with van der Waals surface area (Å²) in [6.07, 6.45) is 4.29. The van der Waals surface area contributed by atoms with E-state index in [1.165, 1.54) is 6.42 Å². The molecule has 0 saturated heterocycles. The van der Waals surface area contributed by atoms with E-state index in [-0.39, 0.29) is 0 Å². The molecular weight excluding hydrogens is 136 g/mol. The Morgan fingerprint density at radius 1 is 1.64 bits per heavy atom. The molecule has 0 aromatic heterocycles. The zero-order chi connectivity index (χ0) is 8.48. The summed E-state index contributed by atoms with van der Waals surface area (Å²) in [4.78, 5) is 11.4. The van der Waals surface area contributed by atoms with E-state index < -0.39 is 0 Å². The highest BCUT2D eigenvalue weighted by Gasteiger charge is 2.32. The summed E-state index contributed by atoms with van der Waals surface area (Å²) >= 11 is 0. The monoisotopic (exact) mass is 154 g/mol. The average molecular weight is 154 g/mol. The van der Waals surface area contributed by atoms with E-state index in [9.17, 15) is 4.79 Å². The van der Waals surface area contributed by atoms with Gasteiger partial charge in [-0.2, -0.15) is 0 Å². The summed E-state index contributed by atoms with van der Waals surface area (Å²) in [6, 6.07) is 0. The Hall–Kier alpha value is -0.330. The molecule has 0 aromatic rings. The fraction of sp³-hybridized carbons (Fsp3) is 0.900. The Morgan fingerprint density at radius 2 is 2.27 bits per heavy atom.